The Bertz CT molecular complexity index is 1120. The summed E-state index contributed by atoms with van der Waals surface area (Å²) in [4.78, 5) is 4.59. The largest absolute Gasteiger partial charge is 0.282 e. The van der Waals surface area contributed by atoms with Crippen LogP contribution in [0.1, 0.15) is 5.56 Å². The molecule has 0 spiro atoms. The number of hydrogen-bond donors (Lipinski definition) is 0. The minimum Gasteiger partial charge on any atom is -0.282 e. The van der Waals surface area contributed by atoms with Gasteiger partial charge in [0, 0.05) is 11.8 Å². The van der Waals surface area contributed by atoms with Crippen LogP contribution in [0, 0.1) is 18.6 Å². The molecule has 0 bridgehead atoms. The van der Waals surface area contributed by atoms with Gasteiger partial charge >= 0.3 is 0 Å². The van der Waals surface area contributed by atoms with Gasteiger partial charge < -0.3 is 0 Å². The van der Waals surface area contributed by atoms with E-state index in [1.54, 1.807) is 4.40 Å². The van der Waals surface area contributed by atoms with Crippen LogP contribution < -0.4 is 0 Å². The molecule has 128 valence electrons. The summed E-state index contributed by atoms with van der Waals surface area (Å²) in [5, 5.41) is 8.59. The van der Waals surface area contributed by atoms with Gasteiger partial charge in [-0.2, -0.15) is 0 Å². The molecule has 0 saturated heterocycles. The molecule has 6 heteroatoms. The predicted molar refractivity (Wildman–Crippen MR) is 95.9 cm³/mol. The minimum absolute atomic E-state index is 0.439. The normalized spacial score (nSPS) is 11.5. The molecule has 2 aromatic carbocycles. The maximum Gasteiger partial charge on any atom is 0.187 e. The molecular weight excluding hydrogens is 334 g/mol. The SMILES string of the molecule is Cc1cccn2c(N=Nc3ccccc3)c(-c3ccc(F)c(F)c3)nc12. The number of benzene rings is 2. The number of halogens is 2. The Hall–Kier alpha value is -3.41. The topological polar surface area (TPSA) is 42.0 Å². The smallest absolute Gasteiger partial charge is 0.187 e. The van der Waals surface area contributed by atoms with E-state index in [9.17, 15) is 8.78 Å². The van der Waals surface area contributed by atoms with Crippen molar-refractivity contribution in [1.82, 2.24) is 9.38 Å². The van der Waals surface area contributed by atoms with E-state index in [1.807, 2.05) is 55.6 Å². The molecule has 0 atom stereocenters. The van der Waals surface area contributed by atoms with Crippen LogP contribution in [-0.2, 0) is 0 Å². The van der Waals surface area contributed by atoms with Crippen molar-refractivity contribution in [3.8, 4) is 11.3 Å². The van der Waals surface area contributed by atoms with Crippen LogP contribution >= 0.6 is 0 Å². The number of aryl methyl sites for hydroxylation is 1. The maximum atomic E-state index is 13.7. The number of fused-ring (bicyclic) bond motifs is 1. The van der Waals surface area contributed by atoms with E-state index in [4.69, 9.17) is 0 Å². The van der Waals surface area contributed by atoms with Gasteiger partial charge in [-0.3, -0.25) is 4.40 Å². The standard InChI is InChI=1S/C20H14F2N4/c1-13-6-5-11-26-19(13)23-18(14-9-10-16(21)17(22)12-14)20(26)25-24-15-7-3-2-4-8-15/h2-12H,1H3. The summed E-state index contributed by atoms with van der Waals surface area (Å²) in [6.07, 6.45) is 1.82. The highest BCUT2D eigenvalue weighted by atomic mass is 19.2. The van der Waals surface area contributed by atoms with Gasteiger partial charge in [-0.1, -0.05) is 24.3 Å². The third-order valence-electron chi connectivity index (χ3n) is 4.03. The zero-order valence-corrected chi connectivity index (χ0v) is 13.9. The Morgan fingerprint density at radius 3 is 2.46 bits per heavy atom. The molecule has 0 N–H and O–H groups in total. The molecule has 4 rings (SSSR count). The molecule has 2 heterocycles. The van der Waals surface area contributed by atoms with Gasteiger partial charge in [-0.05, 0) is 48.9 Å². The lowest BCUT2D eigenvalue weighted by atomic mass is 10.1. The van der Waals surface area contributed by atoms with E-state index in [0.717, 1.165) is 17.7 Å². The van der Waals surface area contributed by atoms with E-state index in [0.29, 0.717) is 28.4 Å². The lowest BCUT2D eigenvalue weighted by molar-refractivity contribution is 0.509. The number of rotatable bonds is 3. The molecular formula is C20H14F2N4. The average molecular weight is 348 g/mol. The summed E-state index contributed by atoms with van der Waals surface area (Å²) in [5.74, 6) is -1.37. The molecule has 26 heavy (non-hydrogen) atoms. The molecule has 0 aliphatic heterocycles. The number of pyridine rings is 1. The van der Waals surface area contributed by atoms with Crippen molar-refractivity contribution < 1.29 is 8.78 Å². The summed E-state index contributed by atoms with van der Waals surface area (Å²) in [5.41, 5.74) is 3.20. The highest BCUT2D eigenvalue weighted by Gasteiger charge is 2.16. The third kappa shape index (κ3) is 2.86. The third-order valence-corrected chi connectivity index (χ3v) is 4.03. The Morgan fingerprint density at radius 1 is 0.885 bits per heavy atom. The zero-order chi connectivity index (χ0) is 18.1. The van der Waals surface area contributed by atoms with Gasteiger partial charge in [0.1, 0.15) is 11.3 Å². The van der Waals surface area contributed by atoms with Crippen molar-refractivity contribution in [2.75, 3.05) is 0 Å². The van der Waals surface area contributed by atoms with Gasteiger partial charge in [0.05, 0.1) is 5.69 Å². The van der Waals surface area contributed by atoms with Crippen molar-refractivity contribution in [2.24, 2.45) is 10.2 Å². The maximum absolute atomic E-state index is 13.7. The van der Waals surface area contributed by atoms with Crippen LogP contribution in [0.2, 0.25) is 0 Å². The van der Waals surface area contributed by atoms with Gasteiger partial charge in [-0.25, -0.2) is 13.8 Å². The van der Waals surface area contributed by atoms with Crippen molar-refractivity contribution in [1.29, 1.82) is 0 Å². The van der Waals surface area contributed by atoms with E-state index in [2.05, 4.69) is 15.2 Å². The number of azo groups is 1. The molecule has 0 amide bonds. The number of aromatic nitrogens is 2. The molecule has 0 aliphatic carbocycles. The van der Waals surface area contributed by atoms with Crippen LogP contribution in [0.15, 0.2) is 77.1 Å². The van der Waals surface area contributed by atoms with Crippen molar-refractivity contribution in [2.45, 2.75) is 6.92 Å². The first-order valence-corrected chi connectivity index (χ1v) is 8.03. The van der Waals surface area contributed by atoms with Crippen LogP contribution in [0.25, 0.3) is 16.9 Å². The van der Waals surface area contributed by atoms with Crippen LogP contribution in [-0.4, -0.2) is 9.38 Å². The highest BCUT2D eigenvalue weighted by Crippen LogP contribution is 2.33. The molecule has 4 aromatic rings. The fraction of sp³-hybridized carbons (Fsp3) is 0.0500. The molecule has 0 unspecified atom stereocenters. The van der Waals surface area contributed by atoms with Crippen molar-refractivity contribution in [3.05, 3.63) is 84.1 Å². The molecule has 0 radical (unpaired) electrons. The fourth-order valence-electron chi connectivity index (χ4n) is 2.72. The zero-order valence-electron chi connectivity index (χ0n) is 13.9. The Balaban J connectivity index is 1.92. The average Bonchev–Trinajstić information content (AvgIpc) is 3.03. The molecule has 4 nitrogen and oxygen atoms in total. The van der Waals surface area contributed by atoms with E-state index < -0.39 is 11.6 Å². The van der Waals surface area contributed by atoms with Crippen LogP contribution in [0.4, 0.5) is 20.3 Å². The highest BCUT2D eigenvalue weighted by molar-refractivity contribution is 5.75. The summed E-state index contributed by atoms with van der Waals surface area (Å²) < 4.78 is 28.8. The predicted octanol–water partition coefficient (Wildman–Crippen LogP) is 6.00. The van der Waals surface area contributed by atoms with Gasteiger partial charge in [0.2, 0.25) is 0 Å². The fourth-order valence-corrected chi connectivity index (χ4v) is 2.72. The Morgan fingerprint density at radius 2 is 1.69 bits per heavy atom. The van der Waals surface area contributed by atoms with E-state index >= 15 is 0 Å². The lowest BCUT2D eigenvalue weighted by Gasteiger charge is -2.01. The van der Waals surface area contributed by atoms with E-state index in [1.165, 1.54) is 6.07 Å². The Labute approximate surface area is 148 Å². The van der Waals surface area contributed by atoms with Gasteiger partial charge in [0.15, 0.2) is 17.5 Å². The lowest BCUT2D eigenvalue weighted by Crippen LogP contribution is -1.86. The molecule has 0 aliphatic rings. The summed E-state index contributed by atoms with van der Waals surface area (Å²) in [7, 11) is 0. The molecule has 0 fully saturated rings. The monoisotopic (exact) mass is 348 g/mol. The second kappa shape index (κ2) is 6.48. The minimum atomic E-state index is -0.928. The second-order valence-corrected chi connectivity index (χ2v) is 5.83. The molecule has 0 saturated carbocycles. The number of imidazole rings is 1. The number of nitrogens with zero attached hydrogens (tertiary/aromatic N) is 4. The first kappa shape index (κ1) is 16.1. The first-order chi connectivity index (χ1) is 12.6. The quantitative estimate of drug-likeness (QED) is 0.418. The summed E-state index contributed by atoms with van der Waals surface area (Å²) >= 11 is 0. The van der Waals surface area contributed by atoms with Gasteiger partial charge in [-0.15, -0.1) is 10.2 Å². The summed E-state index contributed by atoms with van der Waals surface area (Å²) in [6.45, 7) is 1.93. The van der Waals surface area contributed by atoms with Crippen molar-refractivity contribution >= 4 is 17.2 Å². The van der Waals surface area contributed by atoms with Crippen molar-refractivity contribution in [3.63, 3.8) is 0 Å². The second-order valence-electron chi connectivity index (χ2n) is 5.83. The Kier molecular flexibility index (Phi) is 4.01. The van der Waals surface area contributed by atoms with Gasteiger partial charge in [0.25, 0.3) is 0 Å². The van der Waals surface area contributed by atoms with E-state index in [-0.39, 0.29) is 0 Å². The summed E-state index contributed by atoms with van der Waals surface area (Å²) in [6, 6.07) is 16.8. The molecule has 2 aromatic heterocycles. The number of hydrogen-bond acceptors (Lipinski definition) is 3. The van der Waals surface area contributed by atoms with Crippen LogP contribution in [0.5, 0.6) is 0 Å². The first-order valence-electron chi connectivity index (χ1n) is 8.03. The van der Waals surface area contributed by atoms with Crippen LogP contribution in [0.3, 0.4) is 0 Å².